The van der Waals surface area contributed by atoms with Crippen LogP contribution in [0.2, 0.25) is 0 Å². The molecule has 1 N–H and O–H groups in total. The van der Waals surface area contributed by atoms with Crippen LogP contribution >= 0.6 is 0 Å². The van der Waals surface area contributed by atoms with Crippen molar-refractivity contribution >= 4 is 11.4 Å². The zero-order valence-corrected chi connectivity index (χ0v) is 14.2. The number of fused-ring (bicyclic) bond motifs is 1. The van der Waals surface area contributed by atoms with E-state index in [1.807, 2.05) is 32.2 Å². The van der Waals surface area contributed by atoms with E-state index >= 15 is 0 Å². The molecule has 1 atom stereocenters. The summed E-state index contributed by atoms with van der Waals surface area (Å²) < 4.78 is 7.39. The third kappa shape index (κ3) is 3.91. The van der Waals surface area contributed by atoms with Crippen LogP contribution in [0.15, 0.2) is 18.3 Å². The number of carbonyl (C=O) groups excluding carboxylic acids is 1. The summed E-state index contributed by atoms with van der Waals surface area (Å²) in [5, 5.41) is 9.50. The minimum absolute atomic E-state index is 0.0162. The fourth-order valence-corrected chi connectivity index (χ4v) is 2.87. The molecule has 0 aromatic carbocycles. The average Bonchev–Trinajstić information content (AvgIpc) is 2.88. The number of Topliss-reactive ketones (excluding diaryl/α,β-unsaturated/α-hetero) is 1. The topological polar surface area (TPSA) is 63.8 Å². The van der Waals surface area contributed by atoms with E-state index in [9.17, 15) is 9.90 Å². The lowest BCUT2D eigenvalue weighted by molar-refractivity contribution is 0.0923. The normalized spacial score (nSPS) is 12.5. The summed E-state index contributed by atoms with van der Waals surface area (Å²) in [5.41, 5.74) is 1.97. The number of carbonyl (C=O) groups is 1. The van der Waals surface area contributed by atoms with Gasteiger partial charge in [0.15, 0.2) is 17.2 Å². The van der Waals surface area contributed by atoms with Crippen molar-refractivity contribution in [3.05, 3.63) is 29.7 Å². The molecule has 0 unspecified atom stereocenters. The van der Waals surface area contributed by atoms with E-state index in [0.29, 0.717) is 35.8 Å². The van der Waals surface area contributed by atoms with Gasteiger partial charge < -0.3 is 9.84 Å². The Labute approximate surface area is 137 Å². The number of unbranched alkanes of at least 4 members (excludes halogenated alkanes) is 1. The maximum absolute atomic E-state index is 12.7. The van der Waals surface area contributed by atoms with Crippen LogP contribution in [0, 0.1) is 12.8 Å². The maximum Gasteiger partial charge on any atom is 0.181 e. The molecule has 0 amide bonds. The molecule has 2 aromatic rings. The summed E-state index contributed by atoms with van der Waals surface area (Å²) in [5.74, 6) is 0.725. The van der Waals surface area contributed by atoms with Crippen molar-refractivity contribution in [2.75, 3.05) is 13.2 Å². The molecular formula is C18H26N2O3. The Morgan fingerprint density at radius 1 is 1.43 bits per heavy atom. The number of hydrogen-bond acceptors (Lipinski definition) is 4. The Morgan fingerprint density at radius 2 is 2.22 bits per heavy atom. The molecule has 126 valence electrons. The summed E-state index contributed by atoms with van der Waals surface area (Å²) in [7, 11) is 0. The Balaban J connectivity index is 2.30. The van der Waals surface area contributed by atoms with Gasteiger partial charge in [0, 0.05) is 19.2 Å². The van der Waals surface area contributed by atoms with Crippen molar-refractivity contribution in [1.82, 2.24) is 9.38 Å². The van der Waals surface area contributed by atoms with Gasteiger partial charge in [-0.25, -0.2) is 4.98 Å². The third-order valence-corrected chi connectivity index (χ3v) is 4.05. The first kappa shape index (κ1) is 17.5. The molecular weight excluding hydrogens is 292 g/mol. The zero-order chi connectivity index (χ0) is 16.8. The van der Waals surface area contributed by atoms with Crippen LogP contribution in [0.4, 0.5) is 0 Å². The van der Waals surface area contributed by atoms with Gasteiger partial charge in [-0.2, -0.15) is 0 Å². The number of ether oxygens (including phenoxy) is 1. The lowest BCUT2D eigenvalue weighted by atomic mass is 9.95. The maximum atomic E-state index is 12.7. The van der Waals surface area contributed by atoms with Crippen molar-refractivity contribution in [1.29, 1.82) is 0 Å². The van der Waals surface area contributed by atoms with Gasteiger partial charge in [0.2, 0.25) is 0 Å². The molecule has 0 saturated heterocycles. The molecule has 23 heavy (non-hydrogen) atoms. The van der Waals surface area contributed by atoms with E-state index in [4.69, 9.17) is 4.74 Å². The first-order valence-electron chi connectivity index (χ1n) is 8.36. The lowest BCUT2D eigenvalue weighted by Gasteiger charge is -2.13. The molecule has 2 heterocycles. The molecule has 0 spiro atoms. The second-order valence-electron chi connectivity index (χ2n) is 5.86. The van der Waals surface area contributed by atoms with Gasteiger partial charge in [-0.3, -0.25) is 9.20 Å². The summed E-state index contributed by atoms with van der Waals surface area (Å²) in [4.78, 5) is 17.2. The van der Waals surface area contributed by atoms with Crippen molar-refractivity contribution in [2.24, 2.45) is 5.92 Å². The summed E-state index contributed by atoms with van der Waals surface area (Å²) in [6, 6.07) is 3.72. The van der Waals surface area contributed by atoms with E-state index in [1.54, 1.807) is 4.40 Å². The number of aliphatic hydroxyl groups is 1. The van der Waals surface area contributed by atoms with Crippen LogP contribution < -0.4 is 4.74 Å². The second-order valence-corrected chi connectivity index (χ2v) is 5.86. The highest BCUT2D eigenvalue weighted by atomic mass is 16.5. The van der Waals surface area contributed by atoms with E-state index in [1.165, 1.54) is 0 Å². The van der Waals surface area contributed by atoms with Crippen LogP contribution in [0.5, 0.6) is 5.75 Å². The monoisotopic (exact) mass is 318 g/mol. The highest BCUT2D eigenvalue weighted by Crippen LogP contribution is 2.24. The Hall–Kier alpha value is -1.88. The lowest BCUT2D eigenvalue weighted by Crippen LogP contribution is -2.15. The fraction of sp³-hybridized carbons (Fsp3) is 0.556. The van der Waals surface area contributed by atoms with Gasteiger partial charge in [-0.05, 0) is 38.3 Å². The minimum atomic E-state index is 0.0162. The van der Waals surface area contributed by atoms with Gasteiger partial charge in [0.1, 0.15) is 5.69 Å². The number of rotatable bonds is 9. The molecule has 2 aromatic heterocycles. The highest BCUT2D eigenvalue weighted by Gasteiger charge is 2.21. The van der Waals surface area contributed by atoms with Gasteiger partial charge in [0.05, 0.1) is 12.3 Å². The van der Waals surface area contributed by atoms with Gasteiger partial charge in [-0.1, -0.05) is 19.8 Å². The number of ketones is 1. The van der Waals surface area contributed by atoms with Gasteiger partial charge in [-0.15, -0.1) is 0 Å². The molecule has 0 bridgehead atoms. The number of pyridine rings is 1. The predicted molar refractivity (Wildman–Crippen MR) is 90.1 cm³/mol. The minimum Gasteiger partial charge on any atom is -0.490 e. The van der Waals surface area contributed by atoms with E-state index < -0.39 is 0 Å². The first-order valence-corrected chi connectivity index (χ1v) is 8.36. The number of hydrogen-bond donors (Lipinski definition) is 1. The number of imidazole rings is 1. The number of nitrogens with zero attached hydrogens (tertiary/aromatic N) is 2. The van der Waals surface area contributed by atoms with Crippen LogP contribution in [-0.4, -0.2) is 33.5 Å². The molecule has 2 rings (SSSR count). The largest absolute Gasteiger partial charge is 0.490 e. The quantitative estimate of drug-likeness (QED) is 0.720. The van der Waals surface area contributed by atoms with Crippen molar-refractivity contribution in [3.63, 3.8) is 0 Å². The standard InChI is InChI=1S/C18H26N2O3/c1-4-6-8-14(12-21)11-15(22)17-13(3)19-18-16(23-5-2)9-7-10-20(17)18/h7,9-10,14,21H,4-6,8,11-12H2,1-3H3/t14-/m0/s1. The van der Waals surface area contributed by atoms with E-state index in [0.717, 1.165) is 19.3 Å². The summed E-state index contributed by atoms with van der Waals surface area (Å²) in [6.45, 7) is 6.48. The Morgan fingerprint density at radius 3 is 2.87 bits per heavy atom. The average molecular weight is 318 g/mol. The Kier molecular flexibility index (Phi) is 6.16. The van der Waals surface area contributed by atoms with Crippen molar-refractivity contribution in [3.8, 4) is 5.75 Å². The van der Waals surface area contributed by atoms with Crippen LogP contribution in [0.3, 0.4) is 0 Å². The Bertz CT molecular complexity index is 664. The smallest absolute Gasteiger partial charge is 0.181 e. The van der Waals surface area contributed by atoms with Gasteiger partial charge in [0.25, 0.3) is 0 Å². The first-order chi connectivity index (χ1) is 11.1. The van der Waals surface area contributed by atoms with E-state index in [-0.39, 0.29) is 18.3 Å². The summed E-state index contributed by atoms with van der Waals surface area (Å²) in [6.07, 6.45) is 5.16. The SMILES string of the molecule is CCCC[C@H](CO)CC(=O)c1c(C)nc2c(OCC)cccn12. The van der Waals surface area contributed by atoms with Gasteiger partial charge >= 0.3 is 0 Å². The molecule has 0 fully saturated rings. The molecule has 0 aliphatic heterocycles. The molecule has 5 nitrogen and oxygen atoms in total. The van der Waals surface area contributed by atoms with Crippen molar-refractivity contribution in [2.45, 2.75) is 46.5 Å². The molecule has 0 aliphatic rings. The van der Waals surface area contributed by atoms with Crippen molar-refractivity contribution < 1.29 is 14.6 Å². The molecule has 0 radical (unpaired) electrons. The number of aromatic nitrogens is 2. The number of aliphatic hydroxyl groups excluding tert-OH is 1. The number of aryl methyl sites for hydroxylation is 1. The molecule has 0 aliphatic carbocycles. The van der Waals surface area contributed by atoms with Crippen LogP contribution in [0.1, 0.15) is 55.7 Å². The molecule has 5 heteroatoms. The third-order valence-electron chi connectivity index (χ3n) is 4.05. The predicted octanol–water partition coefficient (Wildman–Crippen LogP) is 3.41. The fourth-order valence-electron chi connectivity index (χ4n) is 2.87. The van der Waals surface area contributed by atoms with E-state index in [2.05, 4.69) is 11.9 Å². The molecule has 0 saturated carbocycles. The van der Waals surface area contributed by atoms with Crippen LogP contribution in [-0.2, 0) is 0 Å². The van der Waals surface area contributed by atoms with Crippen LogP contribution in [0.25, 0.3) is 5.65 Å². The highest BCUT2D eigenvalue weighted by molar-refractivity contribution is 5.96. The zero-order valence-electron chi connectivity index (χ0n) is 14.2. The summed E-state index contributed by atoms with van der Waals surface area (Å²) >= 11 is 0. The second kappa shape index (κ2) is 8.11.